The van der Waals surface area contributed by atoms with Crippen LogP contribution in [0.2, 0.25) is 0 Å². The molecular formula is C16H22N2O2. The Hall–Kier alpha value is -1.81. The second-order valence-corrected chi connectivity index (χ2v) is 5.36. The van der Waals surface area contributed by atoms with Crippen LogP contribution < -0.4 is 4.74 Å². The fourth-order valence-corrected chi connectivity index (χ4v) is 2.11. The molecule has 2 rings (SSSR count). The summed E-state index contributed by atoms with van der Waals surface area (Å²) in [7, 11) is 1.61. The molecule has 0 aliphatic heterocycles. The third-order valence-electron chi connectivity index (χ3n) is 3.35. The van der Waals surface area contributed by atoms with Gasteiger partial charge in [0, 0.05) is 23.9 Å². The van der Waals surface area contributed by atoms with Crippen molar-refractivity contribution in [2.45, 2.75) is 33.4 Å². The van der Waals surface area contributed by atoms with Gasteiger partial charge in [-0.1, -0.05) is 19.9 Å². The zero-order chi connectivity index (χ0) is 14.5. The van der Waals surface area contributed by atoms with E-state index in [0.717, 1.165) is 29.7 Å². The number of rotatable bonds is 6. The summed E-state index contributed by atoms with van der Waals surface area (Å²) in [6.07, 6.45) is 5.03. The first kappa shape index (κ1) is 14.6. The number of hydrogen-bond donors (Lipinski definition) is 1. The molecule has 1 heterocycles. The van der Waals surface area contributed by atoms with Crippen molar-refractivity contribution in [3.05, 3.63) is 36.2 Å². The first-order valence-corrected chi connectivity index (χ1v) is 6.94. The van der Waals surface area contributed by atoms with Crippen molar-refractivity contribution in [1.82, 2.24) is 9.78 Å². The normalized spacial score (nSPS) is 11.1. The van der Waals surface area contributed by atoms with E-state index in [2.05, 4.69) is 18.9 Å². The lowest BCUT2D eigenvalue weighted by atomic mass is 10.1. The minimum atomic E-state index is -0.0293. The van der Waals surface area contributed by atoms with E-state index in [1.54, 1.807) is 7.11 Å². The highest BCUT2D eigenvalue weighted by molar-refractivity contribution is 5.64. The molecule has 0 amide bonds. The van der Waals surface area contributed by atoms with Crippen molar-refractivity contribution >= 4 is 0 Å². The average molecular weight is 274 g/mol. The van der Waals surface area contributed by atoms with Gasteiger partial charge in [-0.05, 0) is 30.0 Å². The summed E-state index contributed by atoms with van der Waals surface area (Å²) >= 11 is 0. The Morgan fingerprint density at radius 1 is 1.30 bits per heavy atom. The standard InChI is InChI=1S/C16H22N2O2/c1-12(2)6-7-18-10-15(9-17-18)13-4-5-16(20-3)14(8-13)11-19/h4-5,8-10,12,19H,6-7,11H2,1-3H3. The zero-order valence-electron chi connectivity index (χ0n) is 12.3. The lowest BCUT2D eigenvalue weighted by molar-refractivity contribution is 0.274. The van der Waals surface area contributed by atoms with Gasteiger partial charge >= 0.3 is 0 Å². The largest absolute Gasteiger partial charge is 0.496 e. The van der Waals surface area contributed by atoms with Crippen molar-refractivity contribution in [2.75, 3.05) is 7.11 Å². The van der Waals surface area contributed by atoms with Gasteiger partial charge < -0.3 is 9.84 Å². The van der Waals surface area contributed by atoms with E-state index < -0.39 is 0 Å². The second-order valence-electron chi connectivity index (χ2n) is 5.36. The summed E-state index contributed by atoms with van der Waals surface area (Å²) in [4.78, 5) is 0. The number of aliphatic hydroxyl groups is 1. The molecule has 0 atom stereocenters. The predicted molar refractivity (Wildman–Crippen MR) is 79.6 cm³/mol. The SMILES string of the molecule is COc1ccc(-c2cnn(CCC(C)C)c2)cc1CO. The predicted octanol–water partition coefficient (Wildman–Crippen LogP) is 3.10. The van der Waals surface area contributed by atoms with Crippen LogP contribution in [-0.2, 0) is 13.2 Å². The van der Waals surface area contributed by atoms with Gasteiger partial charge in [-0.25, -0.2) is 0 Å². The van der Waals surface area contributed by atoms with Crippen LogP contribution in [0.15, 0.2) is 30.6 Å². The van der Waals surface area contributed by atoms with E-state index in [0.29, 0.717) is 11.7 Å². The Balaban J connectivity index is 2.19. The van der Waals surface area contributed by atoms with Gasteiger partial charge in [0.25, 0.3) is 0 Å². The smallest absolute Gasteiger partial charge is 0.124 e. The minimum absolute atomic E-state index is 0.0293. The zero-order valence-corrected chi connectivity index (χ0v) is 12.3. The van der Waals surface area contributed by atoms with E-state index in [1.807, 2.05) is 35.3 Å². The molecule has 20 heavy (non-hydrogen) atoms. The molecule has 1 aromatic carbocycles. The summed E-state index contributed by atoms with van der Waals surface area (Å²) in [5, 5.41) is 13.8. The molecule has 0 unspecified atom stereocenters. The molecule has 0 bridgehead atoms. The fourth-order valence-electron chi connectivity index (χ4n) is 2.11. The molecule has 0 saturated heterocycles. The Morgan fingerprint density at radius 2 is 2.10 bits per heavy atom. The van der Waals surface area contributed by atoms with Gasteiger partial charge in [0.2, 0.25) is 0 Å². The Morgan fingerprint density at radius 3 is 2.75 bits per heavy atom. The Bertz CT molecular complexity index is 561. The summed E-state index contributed by atoms with van der Waals surface area (Å²) in [5.41, 5.74) is 2.90. The van der Waals surface area contributed by atoms with Crippen LogP contribution in [0.3, 0.4) is 0 Å². The maximum atomic E-state index is 9.37. The lowest BCUT2D eigenvalue weighted by Gasteiger charge is -2.07. The van der Waals surface area contributed by atoms with Crippen molar-refractivity contribution < 1.29 is 9.84 Å². The van der Waals surface area contributed by atoms with E-state index in [-0.39, 0.29) is 6.61 Å². The molecule has 108 valence electrons. The molecule has 0 spiro atoms. The van der Waals surface area contributed by atoms with E-state index >= 15 is 0 Å². The molecule has 2 aromatic rings. The van der Waals surface area contributed by atoms with Crippen molar-refractivity contribution in [3.63, 3.8) is 0 Å². The number of ether oxygens (including phenoxy) is 1. The number of hydrogen-bond acceptors (Lipinski definition) is 3. The van der Waals surface area contributed by atoms with Gasteiger partial charge in [-0.3, -0.25) is 4.68 Å². The average Bonchev–Trinajstić information content (AvgIpc) is 2.93. The number of nitrogens with zero attached hydrogens (tertiary/aromatic N) is 2. The lowest BCUT2D eigenvalue weighted by Crippen LogP contribution is -2.01. The van der Waals surface area contributed by atoms with Gasteiger partial charge in [0.05, 0.1) is 19.9 Å². The molecule has 1 aromatic heterocycles. The van der Waals surface area contributed by atoms with E-state index in [4.69, 9.17) is 4.74 Å². The number of aromatic nitrogens is 2. The van der Waals surface area contributed by atoms with Crippen LogP contribution in [0.25, 0.3) is 11.1 Å². The number of methoxy groups -OCH3 is 1. The van der Waals surface area contributed by atoms with Crippen molar-refractivity contribution in [2.24, 2.45) is 5.92 Å². The summed E-state index contributed by atoms with van der Waals surface area (Å²) < 4.78 is 7.19. The quantitative estimate of drug-likeness (QED) is 0.880. The van der Waals surface area contributed by atoms with E-state index in [1.165, 1.54) is 0 Å². The first-order chi connectivity index (χ1) is 9.63. The molecule has 1 N–H and O–H groups in total. The molecule has 4 heteroatoms. The molecule has 0 fully saturated rings. The van der Waals surface area contributed by atoms with Gasteiger partial charge in [-0.2, -0.15) is 5.10 Å². The van der Waals surface area contributed by atoms with Gasteiger partial charge in [0.1, 0.15) is 5.75 Å². The minimum Gasteiger partial charge on any atom is -0.496 e. The molecule has 0 aliphatic carbocycles. The van der Waals surface area contributed by atoms with Crippen LogP contribution in [0.4, 0.5) is 0 Å². The summed E-state index contributed by atoms with van der Waals surface area (Å²) in [6.45, 7) is 5.32. The third kappa shape index (κ3) is 3.39. The molecule has 4 nitrogen and oxygen atoms in total. The fraction of sp³-hybridized carbons (Fsp3) is 0.438. The Labute approximate surface area is 120 Å². The van der Waals surface area contributed by atoms with Gasteiger partial charge in [0.15, 0.2) is 0 Å². The van der Waals surface area contributed by atoms with Crippen LogP contribution in [0, 0.1) is 5.92 Å². The van der Waals surface area contributed by atoms with Gasteiger partial charge in [-0.15, -0.1) is 0 Å². The topological polar surface area (TPSA) is 47.3 Å². The highest BCUT2D eigenvalue weighted by Crippen LogP contribution is 2.26. The van der Waals surface area contributed by atoms with Crippen LogP contribution in [0.1, 0.15) is 25.8 Å². The summed E-state index contributed by atoms with van der Waals surface area (Å²) in [5.74, 6) is 1.38. The molecule has 0 aliphatic rings. The second kappa shape index (κ2) is 6.57. The molecule has 0 saturated carbocycles. The molecule has 0 radical (unpaired) electrons. The van der Waals surface area contributed by atoms with Crippen LogP contribution in [-0.4, -0.2) is 22.0 Å². The summed E-state index contributed by atoms with van der Waals surface area (Å²) in [6, 6.07) is 5.82. The third-order valence-corrected chi connectivity index (χ3v) is 3.35. The van der Waals surface area contributed by atoms with Crippen molar-refractivity contribution in [3.8, 4) is 16.9 Å². The monoisotopic (exact) mass is 274 g/mol. The number of benzene rings is 1. The highest BCUT2D eigenvalue weighted by atomic mass is 16.5. The number of aliphatic hydroxyl groups excluding tert-OH is 1. The van der Waals surface area contributed by atoms with E-state index in [9.17, 15) is 5.11 Å². The maximum Gasteiger partial charge on any atom is 0.124 e. The number of aryl methyl sites for hydroxylation is 1. The molecular weight excluding hydrogens is 252 g/mol. The highest BCUT2D eigenvalue weighted by Gasteiger charge is 2.07. The first-order valence-electron chi connectivity index (χ1n) is 6.94. The maximum absolute atomic E-state index is 9.37. The van der Waals surface area contributed by atoms with Crippen molar-refractivity contribution in [1.29, 1.82) is 0 Å². The van der Waals surface area contributed by atoms with Crippen LogP contribution in [0.5, 0.6) is 5.75 Å². The Kier molecular flexibility index (Phi) is 4.79. The van der Waals surface area contributed by atoms with Crippen LogP contribution >= 0.6 is 0 Å².